The van der Waals surface area contributed by atoms with E-state index in [2.05, 4.69) is 27.4 Å². The van der Waals surface area contributed by atoms with Gasteiger partial charge in [-0.25, -0.2) is 18.4 Å². The predicted octanol–water partition coefficient (Wildman–Crippen LogP) is 1.90. The lowest BCUT2D eigenvalue weighted by molar-refractivity contribution is -0.138. The molecule has 0 saturated heterocycles. The van der Waals surface area contributed by atoms with E-state index in [1.807, 2.05) is 0 Å². The number of nitrogens with one attached hydrogen (secondary N) is 1. The summed E-state index contributed by atoms with van der Waals surface area (Å²) >= 11 is 3.89. The Bertz CT molecular complexity index is 552. The lowest BCUT2D eigenvalue weighted by Gasteiger charge is -2.12. The third kappa shape index (κ3) is 3.95. The molecule has 0 bridgehead atoms. The van der Waals surface area contributed by atoms with Gasteiger partial charge in [-0.15, -0.1) is 12.6 Å². The van der Waals surface area contributed by atoms with Crippen LogP contribution in [-0.2, 0) is 19.1 Å². The molecule has 0 aliphatic carbocycles. The number of esters is 2. The van der Waals surface area contributed by atoms with Gasteiger partial charge in [0, 0.05) is 11.0 Å². The summed E-state index contributed by atoms with van der Waals surface area (Å²) in [6, 6.07) is 1.55. The zero-order valence-corrected chi connectivity index (χ0v) is 11.5. The third-order valence-electron chi connectivity index (χ3n) is 2.16. The quantitative estimate of drug-likeness (QED) is 0.505. The largest absolute Gasteiger partial charge is 0.466 e. The molecule has 8 heteroatoms. The van der Waals surface area contributed by atoms with E-state index in [4.69, 9.17) is 0 Å². The van der Waals surface area contributed by atoms with Gasteiger partial charge in [0.1, 0.15) is 11.5 Å². The molecule has 20 heavy (non-hydrogen) atoms. The van der Waals surface area contributed by atoms with Crippen LogP contribution in [0.5, 0.6) is 0 Å². The fourth-order valence-corrected chi connectivity index (χ4v) is 1.54. The Kier molecular flexibility index (Phi) is 5.51. The van der Waals surface area contributed by atoms with Gasteiger partial charge >= 0.3 is 11.9 Å². The van der Waals surface area contributed by atoms with Crippen LogP contribution in [0, 0.1) is 11.6 Å². The molecule has 0 radical (unpaired) electrons. The number of benzene rings is 1. The van der Waals surface area contributed by atoms with Gasteiger partial charge < -0.3 is 14.8 Å². The average molecular weight is 303 g/mol. The Balaban J connectivity index is 3.17. The first-order chi connectivity index (χ1) is 9.38. The van der Waals surface area contributed by atoms with E-state index in [0.717, 1.165) is 26.4 Å². The molecule has 0 fully saturated rings. The van der Waals surface area contributed by atoms with Crippen molar-refractivity contribution in [3.63, 3.8) is 0 Å². The molecular formula is C12H11F2NO4S. The maximum absolute atomic E-state index is 13.6. The van der Waals surface area contributed by atoms with Gasteiger partial charge in [-0.3, -0.25) is 0 Å². The summed E-state index contributed by atoms with van der Waals surface area (Å²) in [4.78, 5) is 22.5. The van der Waals surface area contributed by atoms with Crippen LogP contribution >= 0.6 is 12.6 Å². The molecule has 0 amide bonds. The van der Waals surface area contributed by atoms with E-state index in [9.17, 15) is 18.4 Å². The van der Waals surface area contributed by atoms with Crippen LogP contribution in [0.25, 0.3) is 0 Å². The van der Waals surface area contributed by atoms with E-state index >= 15 is 0 Å². The molecule has 1 N–H and O–H groups in total. The van der Waals surface area contributed by atoms with Gasteiger partial charge in [0.05, 0.1) is 26.0 Å². The predicted molar refractivity (Wildman–Crippen MR) is 69.3 cm³/mol. The summed E-state index contributed by atoms with van der Waals surface area (Å²) < 4.78 is 35.3. The highest BCUT2D eigenvalue weighted by Gasteiger charge is 2.17. The van der Waals surface area contributed by atoms with E-state index in [1.54, 1.807) is 0 Å². The summed E-state index contributed by atoms with van der Waals surface area (Å²) in [5, 5.41) is 2.33. The number of carbonyl (C=O) groups is 2. The maximum atomic E-state index is 13.6. The lowest BCUT2D eigenvalue weighted by Crippen LogP contribution is -2.16. The van der Waals surface area contributed by atoms with Crippen molar-refractivity contribution < 1.29 is 27.8 Å². The molecule has 0 heterocycles. The molecule has 0 atom stereocenters. The van der Waals surface area contributed by atoms with Crippen LogP contribution in [0.4, 0.5) is 14.5 Å². The summed E-state index contributed by atoms with van der Waals surface area (Å²) in [7, 11) is 2.19. The average Bonchev–Trinajstić information content (AvgIpc) is 2.40. The molecule has 0 aliphatic rings. The van der Waals surface area contributed by atoms with Crippen molar-refractivity contribution in [3.05, 3.63) is 35.5 Å². The molecule has 0 spiro atoms. The summed E-state index contributed by atoms with van der Waals surface area (Å²) in [5.41, 5.74) is -0.643. The van der Waals surface area contributed by atoms with Crippen molar-refractivity contribution in [2.24, 2.45) is 0 Å². The Morgan fingerprint density at radius 3 is 2.40 bits per heavy atom. The number of ether oxygens (including phenoxy) is 2. The number of thiol groups is 1. The summed E-state index contributed by atoms with van der Waals surface area (Å²) in [5.74, 6) is -3.57. The van der Waals surface area contributed by atoms with Crippen LogP contribution < -0.4 is 5.32 Å². The van der Waals surface area contributed by atoms with Crippen molar-refractivity contribution in [2.45, 2.75) is 4.90 Å². The molecule has 0 saturated carbocycles. The summed E-state index contributed by atoms with van der Waals surface area (Å²) in [6.07, 6.45) is 0.780. The van der Waals surface area contributed by atoms with Crippen LogP contribution in [-0.4, -0.2) is 26.2 Å². The van der Waals surface area contributed by atoms with Crippen molar-refractivity contribution in [2.75, 3.05) is 19.5 Å². The monoisotopic (exact) mass is 303 g/mol. The minimum atomic E-state index is -0.977. The number of carbonyl (C=O) groups excluding carboxylic acids is 2. The second kappa shape index (κ2) is 6.90. The minimum Gasteiger partial charge on any atom is -0.466 e. The number of methoxy groups -OCH3 is 2. The second-order valence-electron chi connectivity index (χ2n) is 3.48. The fraction of sp³-hybridized carbons (Fsp3) is 0.167. The van der Waals surface area contributed by atoms with Crippen molar-refractivity contribution >= 4 is 30.3 Å². The molecule has 1 rings (SSSR count). The van der Waals surface area contributed by atoms with Crippen molar-refractivity contribution in [1.82, 2.24) is 0 Å². The topological polar surface area (TPSA) is 64.6 Å². The Morgan fingerprint density at radius 2 is 1.90 bits per heavy atom. The van der Waals surface area contributed by atoms with Gasteiger partial charge in [0.25, 0.3) is 0 Å². The van der Waals surface area contributed by atoms with Crippen LogP contribution in [0.3, 0.4) is 0 Å². The standard InChI is InChI=1S/C12H11F2NO4S/c1-18-10(16)5-8(12(17)19-2)15-11-7(14)3-6(13)4-9(11)20/h3-5,15,20H,1-2H3/b8-5+. The molecule has 108 valence electrons. The Labute approximate surface area is 119 Å². The minimum absolute atomic E-state index is 0.0813. The molecule has 1 aromatic carbocycles. The molecular weight excluding hydrogens is 292 g/mol. The number of rotatable bonds is 4. The zero-order valence-electron chi connectivity index (χ0n) is 10.6. The normalized spacial score (nSPS) is 10.9. The molecule has 5 nitrogen and oxygen atoms in total. The SMILES string of the molecule is COC(=O)/C=C(/Nc1c(F)cc(F)cc1S)C(=O)OC. The van der Waals surface area contributed by atoms with E-state index in [0.29, 0.717) is 6.07 Å². The first kappa shape index (κ1) is 16.0. The first-order valence-corrected chi connectivity index (χ1v) is 5.66. The van der Waals surface area contributed by atoms with E-state index < -0.39 is 23.6 Å². The molecule has 0 aliphatic heterocycles. The maximum Gasteiger partial charge on any atom is 0.354 e. The Hall–Kier alpha value is -2.09. The highest BCUT2D eigenvalue weighted by molar-refractivity contribution is 7.80. The van der Waals surface area contributed by atoms with Gasteiger partial charge in [0.2, 0.25) is 0 Å². The fourth-order valence-electron chi connectivity index (χ4n) is 1.25. The van der Waals surface area contributed by atoms with E-state index in [-0.39, 0.29) is 16.3 Å². The van der Waals surface area contributed by atoms with Crippen LogP contribution in [0.1, 0.15) is 0 Å². The molecule has 1 aromatic rings. The van der Waals surface area contributed by atoms with Crippen LogP contribution in [0.15, 0.2) is 28.8 Å². The Morgan fingerprint density at radius 1 is 1.25 bits per heavy atom. The number of anilines is 1. The van der Waals surface area contributed by atoms with Gasteiger partial charge in [-0.05, 0) is 6.07 Å². The number of hydrogen-bond donors (Lipinski definition) is 2. The highest BCUT2D eigenvalue weighted by Crippen LogP contribution is 2.26. The number of halogens is 2. The summed E-state index contributed by atoms with van der Waals surface area (Å²) in [6.45, 7) is 0. The first-order valence-electron chi connectivity index (χ1n) is 5.22. The van der Waals surface area contributed by atoms with Gasteiger partial charge in [-0.1, -0.05) is 0 Å². The molecule has 0 aromatic heterocycles. The van der Waals surface area contributed by atoms with Crippen molar-refractivity contribution in [3.8, 4) is 0 Å². The van der Waals surface area contributed by atoms with E-state index in [1.165, 1.54) is 0 Å². The lowest BCUT2D eigenvalue weighted by atomic mass is 10.2. The third-order valence-corrected chi connectivity index (χ3v) is 2.52. The van der Waals surface area contributed by atoms with Crippen molar-refractivity contribution in [1.29, 1.82) is 0 Å². The second-order valence-corrected chi connectivity index (χ2v) is 3.96. The van der Waals surface area contributed by atoms with Crippen LogP contribution in [0.2, 0.25) is 0 Å². The van der Waals surface area contributed by atoms with Gasteiger partial charge in [0.15, 0.2) is 5.82 Å². The van der Waals surface area contributed by atoms with Gasteiger partial charge in [-0.2, -0.15) is 0 Å². The molecule has 0 unspecified atom stereocenters. The zero-order chi connectivity index (χ0) is 15.3. The highest BCUT2D eigenvalue weighted by atomic mass is 32.1. The smallest absolute Gasteiger partial charge is 0.354 e. The number of hydrogen-bond acceptors (Lipinski definition) is 6.